The lowest BCUT2D eigenvalue weighted by atomic mass is 10.2. The fourth-order valence-electron chi connectivity index (χ4n) is 3.04. The summed E-state index contributed by atoms with van der Waals surface area (Å²) in [6.07, 6.45) is 0. The molecule has 0 aliphatic carbocycles. The maximum atomic E-state index is 11.3. The first-order valence-electron chi connectivity index (χ1n) is 9.54. The van der Waals surface area contributed by atoms with Crippen LogP contribution < -0.4 is 14.8 Å². The number of carbonyl (C=O) groups is 1. The molecule has 164 valence electrons. The molecule has 2 aromatic carbocycles. The number of thioether (sulfide) groups is 1. The normalized spacial score (nSPS) is 10.7. The minimum absolute atomic E-state index is 0.138. The first-order valence-corrected chi connectivity index (χ1v) is 11.4. The van der Waals surface area contributed by atoms with Crippen molar-refractivity contribution in [3.63, 3.8) is 0 Å². The lowest BCUT2D eigenvalue weighted by Crippen LogP contribution is -2.07. The van der Waals surface area contributed by atoms with E-state index in [1.807, 2.05) is 47.8 Å². The number of anilines is 1. The molecule has 0 fully saturated rings. The zero-order chi connectivity index (χ0) is 22.5. The van der Waals surface area contributed by atoms with Crippen LogP contribution in [0.15, 0.2) is 53.0 Å². The van der Waals surface area contributed by atoms with Gasteiger partial charge < -0.3 is 14.8 Å². The maximum Gasteiger partial charge on any atom is 0.221 e. The number of nitrogens with one attached hydrogen (secondary N) is 1. The summed E-state index contributed by atoms with van der Waals surface area (Å²) in [5, 5.41) is 18.3. The minimum atomic E-state index is -0.138. The number of amides is 1. The lowest BCUT2D eigenvalue weighted by molar-refractivity contribution is -0.114. The van der Waals surface area contributed by atoms with Gasteiger partial charge in [0, 0.05) is 23.7 Å². The minimum Gasteiger partial charge on any atom is -0.493 e. The highest BCUT2D eigenvalue weighted by Crippen LogP contribution is 2.39. The zero-order valence-corrected chi connectivity index (χ0v) is 19.2. The number of ether oxygens (including phenoxy) is 2. The second-order valence-corrected chi connectivity index (χ2v) is 8.38. The fourth-order valence-corrected chi connectivity index (χ4v) is 4.77. The molecular weight excluding hydrogens is 448 g/mol. The highest BCUT2D eigenvalue weighted by molar-refractivity contribution is 7.98. The Bertz CT molecular complexity index is 1240. The number of hydrogen-bond acceptors (Lipinski definition) is 9. The molecule has 1 amide bonds. The van der Waals surface area contributed by atoms with E-state index in [9.17, 15) is 4.79 Å². The van der Waals surface area contributed by atoms with Crippen molar-refractivity contribution in [1.29, 1.82) is 0 Å². The van der Waals surface area contributed by atoms with Gasteiger partial charge in [-0.3, -0.25) is 4.79 Å². The third kappa shape index (κ3) is 4.73. The molecule has 4 rings (SSSR count). The Morgan fingerprint density at radius 1 is 1.19 bits per heavy atom. The van der Waals surface area contributed by atoms with E-state index in [0.717, 1.165) is 22.0 Å². The molecule has 0 bridgehead atoms. The first-order chi connectivity index (χ1) is 15.6. The largest absolute Gasteiger partial charge is 0.493 e. The second-order valence-electron chi connectivity index (χ2n) is 6.58. The van der Waals surface area contributed by atoms with E-state index in [-0.39, 0.29) is 5.91 Å². The topological polar surface area (TPSA) is 104 Å². The maximum absolute atomic E-state index is 11.3. The van der Waals surface area contributed by atoms with Gasteiger partial charge in [-0.15, -0.1) is 16.4 Å². The summed E-state index contributed by atoms with van der Waals surface area (Å²) in [6, 6.07) is 13.1. The van der Waals surface area contributed by atoms with Crippen LogP contribution in [0.2, 0.25) is 0 Å². The van der Waals surface area contributed by atoms with Gasteiger partial charge in [-0.25, -0.2) is 4.98 Å². The Morgan fingerprint density at radius 3 is 2.81 bits per heavy atom. The van der Waals surface area contributed by atoms with E-state index in [0.29, 0.717) is 28.1 Å². The quantitative estimate of drug-likeness (QED) is 0.386. The number of tetrazole rings is 1. The molecule has 0 aliphatic rings. The van der Waals surface area contributed by atoms with E-state index in [1.54, 1.807) is 18.9 Å². The van der Waals surface area contributed by atoms with E-state index < -0.39 is 0 Å². The van der Waals surface area contributed by atoms with Crippen molar-refractivity contribution < 1.29 is 14.3 Å². The Morgan fingerprint density at radius 2 is 2.03 bits per heavy atom. The standard InChI is InChI=1S/C21H20N6O3S2/c1-13(28)22-14-6-4-7-16(10-14)27-21(24-25-26-27)32-12-15-11-31-20(23-15)17-8-5-9-18(29-2)19(17)30-3/h4-11H,12H2,1-3H3,(H,22,28). The molecule has 0 saturated heterocycles. The molecule has 9 nitrogen and oxygen atoms in total. The molecule has 0 spiro atoms. The van der Waals surface area contributed by atoms with Crippen LogP contribution in [-0.4, -0.2) is 45.3 Å². The number of thiazole rings is 1. The van der Waals surface area contributed by atoms with Crippen molar-refractivity contribution in [2.75, 3.05) is 19.5 Å². The van der Waals surface area contributed by atoms with Crippen LogP contribution in [0.4, 0.5) is 5.69 Å². The van der Waals surface area contributed by atoms with Crippen LogP contribution in [0.3, 0.4) is 0 Å². The third-order valence-corrected chi connectivity index (χ3v) is 6.26. The van der Waals surface area contributed by atoms with E-state index in [2.05, 4.69) is 20.8 Å². The van der Waals surface area contributed by atoms with Crippen molar-refractivity contribution in [2.45, 2.75) is 17.8 Å². The van der Waals surface area contributed by atoms with Gasteiger partial charge in [-0.1, -0.05) is 23.9 Å². The number of aromatic nitrogens is 5. The van der Waals surface area contributed by atoms with E-state index in [4.69, 9.17) is 14.5 Å². The number of benzene rings is 2. The van der Waals surface area contributed by atoms with E-state index >= 15 is 0 Å². The number of carbonyl (C=O) groups excluding carboxylic acids is 1. The molecule has 0 unspecified atom stereocenters. The summed E-state index contributed by atoms with van der Waals surface area (Å²) in [5.41, 5.74) is 3.22. The Hall–Kier alpha value is -3.44. The molecular formula is C21H20N6O3S2. The summed E-state index contributed by atoms with van der Waals surface area (Å²) in [5.74, 6) is 1.78. The molecule has 4 aromatic rings. The number of hydrogen-bond donors (Lipinski definition) is 1. The van der Waals surface area contributed by atoms with Gasteiger partial charge in [0.25, 0.3) is 0 Å². The van der Waals surface area contributed by atoms with Gasteiger partial charge in [0.05, 0.1) is 31.2 Å². The van der Waals surface area contributed by atoms with Crippen LogP contribution in [0.1, 0.15) is 12.6 Å². The zero-order valence-electron chi connectivity index (χ0n) is 17.6. The van der Waals surface area contributed by atoms with Crippen molar-refractivity contribution in [3.8, 4) is 27.8 Å². The van der Waals surface area contributed by atoms with Gasteiger partial charge in [0.2, 0.25) is 11.1 Å². The molecule has 32 heavy (non-hydrogen) atoms. The van der Waals surface area contributed by atoms with Crippen LogP contribution in [0, 0.1) is 0 Å². The fraction of sp³-hybridized carbons (Fsp3) is 0.190. The van der Waals surface area contributed by atoms with Gasteiger partial charge >= 0.3 is 0 Å². The van der Waals surface area contributed by atoms with Gasteiger partial charge in [0.1, 0.15) is 5.01 Å². The second kappa shape index (κ2) is 9.79. The third-order valence-electron chi connectivity index (χ3n) is 4.39. The summed E-state index contributed by atoms with van der Waals surface area (Å²) in [7, 11) is 3.23. The predicted molar refractivity (Wildman–Crippen MR) is 124 cm³/mol. The lowest BCUT2D eigenvalue weighted by Gasteiger charge is -2.10. The van der Waals surface area contributed by atoms with Gasteiger partial charge in [-0.05, 0) is 40.8 Å². The molecule has 1 N–H and O–H groups in total. The van der Waals surface area contributed by atoms with Crippen LogP contribution >= 0.6 is 23.1 Å². The molecule has 0 aliphatic heterocycles. The van der Waals surface area contributed by atoms with Gasteiger partial charge in [-0.2, -0.15) is 4.68 Å². The first kappa shape index (κ1) is 21.8. The van der Waals surface area contributed by atoms with E-state index in [1.165, 1.54) is 30.0 Å². The Labute approximate surface area is 192 Å². The number of methoxy groups -OCH3 is 2. The summed E-state index contributed by atoms with van der Waals surface area (Å²) < 4.78 is 12.5. The number of rotatable bonds is 8. The monoisotopic (exact) mass is 468 g/mol. The van der Waals surface area contributed by atoms with Crippen LogP contribution in [-0.2, 0) is 10.5 Å². The molecule has 2 heterocycles. The average molecular weight is 469 g/mol. The molecule has 11 heteroatoms. The molecule has 0 radical (unpaired) electrons. The Kier molecular flexibility index (Phi) is 6.66. The number of nitrogens with zero attached hydrogens (tertiary/aromatic N) is 5. The van der Waals surface area contributed by atoms with Crippen molar-refractivity contribution in [1.82, 2.24) is 25.2 Å². The van der Waals surface area contributed by atoms with Crippen molar-refractivity contribution in [3.05, 3.63) is 53.5 Å². The highest BCUT2D eigenvalue weighted by atomic mass is 32.2. The van der Waals surface area contributed by atoms with Gasteiger partial charge in [0.15, 0.2) is 11.5 Å². The Balaban J connectivity index is 1.51. The van der Waals surface area contributed by atoms with Crippen LogP contribution in [0.25, 0.3) is 16.3 Å². The molecule has 2 aromatic heterocycles. The predicted octanol–water partition coefficient (Wildman–Crippen LogP) is 4.05. The summed E-state index contributed by atoms with van der Waals surface area (Å²) >= 11 is 3.01. The summed E-state index contributed by atoms with van der Waals surface area (Å²) in [6.45, 7) is 1.47. The highest BCUT2D eigenvalue weighted by Gasteiger charge is 2.16. The van der Waals surface area contributed by atoms with Crippen molar-refractivity contribution in [2.24, 2.45) is 0 Å². The molecule has 0 atom stereocenters. The average Bonchev–Trinajstić information content (AvgIpc) is 3.46. The van der Waals surface area contributed by atoms with Crippen molar-refractivity contribution >= 4 is 34.7 Å². The number of para-hydroxylation sites is 1. The smallest absolute Gasteiger partial charge is 0.221 e. The summed E-state index contributed by atoms with van der Waals surface area (Å²) in [4.78, 5) is 16.1. The SMILES string of the molecule is COc1cccc(-c2nc(CSc3nnnn3-c3cccc(NC(C)=O)c3)cs2)c1OC. The van der Waals surface area contributed by atoms with Crippen LogP contribution in [0.5, 0.6) is 11.5 Å². The molecule has 0 saturated carbocycles.